The van der Waals surface area contributed by atoms with Gasteiger partial charge in [-0.3, -0.25) is 0 Å². The number of hydrogen-bond acceptors (Lipinski definition) is 8. The van der Waals surface area contributed by atoms with Crippen LogP contribution in [0.3, 0.4) is 0 Å². The Morgan fingerprint density at radius 2 is 0.476 bits per heavy atom. The van der Waals surface area contributed by atoms with Gasteiger partial charge in [-0.25, -0.2) is 39.9 Å². The molecule has 0 spiro atoms. The number of aryl methyl sites for hydroxylation is 4. The molecular formula is C119H106Cu2N24PdPt. The van der Waals surface area contributed by atoms with Crippen LogP contribution in [0.2, 0.25) is 0 Å². The molecule has 0 unspecified atom stereocenters. The first-order valence-electron chi connectivity index (χ1n) is 48.6. The topological polar surface area (TPSA) is 255 Å². The summed E-state index contributed by atoms with van der Waals surface area (Å²) >= 11 is 0. The number of aromatic nitrogens is 24. The van der Waals surface area contributed by atoms with Gasteiger partial charge in [-0.1, -0.05) is 279 Å². The van der Waals surface area contributed by atoms with Gasteiger partial charge in [-0.15, -0.1) is 45.6 Å². The SMILES string of the molecule is CC1(C)c2[n-]c(c3ccccc23)-c2cn(-c3ccccc3)c(n2)C(C)(C)c2nc(cn2-c2ccccc2)-c2[n-]c1c1ccccc21.CC1(C)c2ccc([n-]2)-c2cn(-c3ccccc3)c(n2)C(C)(C)c2nc(cn2-c2ccccc2)-c2ccc1[n-]2.Cn1cc2nc1-c1ccc([n-]1)C(C)(C)c1ccc([n-]1)-c1nc(cn1C)C2(C)C.Cn1cc2nc1-c1cccc(c1)-c1nc(cn1C)-c1ccc([n-]1)C(C)(C)c1ccc-2[n-]1.[Cu+2].[Cu+2].[Pd+2].[Pt+2]. The Kier molecular flexibility index (Phi) is 25.2. The molecule has 0 amide bonds. The summed E-state index contributed by atoms with van der Waals surface area (Å²) in [6, 6.07) is 91.8. The molecule has 0 fully saturated rings. The van der Waals surface area contributed by atoms with Crippen LogP contribution in [0.4, 0.5) is 0 Å². The largest absolute Gasteiger partial charge is 2.00 e. The average Bonchev–Trinajstić information content (AvgIpc) is 1.18. The molecule has 16 aromatic heterocycles. The van der Waals surface area contributed by atoms with Crippen LogP contribution >= 0.6 is 0 Å². The summed E-state index contributed by atoms with van der Waals surface area (Å²) in [5.74, 6) is 7.10. The number of fused-ring (bicyclic) bond motifs is 50. The first-order chi connectivity index (χ1) is 68.7. The third kappa shape index (κ3) is 16.7. The number of imidazole rings is 8. The first kappa shape index (κ1) is 99.7. The minimum Gasteiger partial charge on any atom is -0.659 e. The minimum absolute atomic E-state index is 0. The molecule has 147 heavy (non-hydrogen) atoms. The van der Waals surface area contributed by atoms with Crippen LogP contribution in [-0.2, 0) is 142 Å². The van der Waals surface area contributed by atoms with E-state index in [-0.39, 0.29) is 97.3 Å². The second kappa shape index (κ2) is 37.1. The monoisotopic (exact) mass is 2300 g/mol. The van der Waals surface area contributed by atoms with Crippen LogP contribution in [-0.4, -0.2) is 76.4 Å². The van der Waals surface area contributed by atoms with E-state index >= 15 is 0 Å². The number of hydrogen-bond donors (Lipinski definition) is 0. The van der Waals surface area contributed by atoms with Gasteiger partial charge in [0, 0.05) is 112 Å². The summed E-state index contributed by atoms with van der Waals surface area (Å²) < 4.78 is 17.0. The Hall–Kier alpha value is -14.6. The van der Waals surface area contributed by atoms with E-state index in [4.69, 9.17) is 79.7 Å². The van der Waals surface area contributed by atoms with Crippen molar-refractivity contribution in [3.63, 3.8) is 0 Å². The maximum absolute atomic E-state index is 5.44. The van der Waals surface area contributed by atoms with E-state index in [9.17, 15) is 0 Å². The molecule has 23 aromatic rings. The molecular weight excluding hydrogens is 2190 g/mol. The minimum atomic E-state index is -0.623. The molecule has 24 nitrogen and oxygen atoms in total. The molecule has 28 heteroatoms. The normalized spacial score (nSPS) is 14.8. The van der Waals surface area contributed by atoms with E-state index in [1.54, 1.807) is 0 Å². The van der Waals surface area contributed by atoms with Gasteiger partial charge >= 0.3 is 75.6 Å². The predicted octanol–water partition coefficient (Wildman–Crippen LogP) is 22.6. The summed E-state index contributed by atoms with van der Waals surface area (Å²) in [5, 5.41) is 4.42. The molecule has 4 aliphatic rings. The maximum atomic E-state index is 5.44. The van der Waals surface area contributed by atoms with E-state index in [0.717, 1.165) is 239 Å². The maximum Gasteiger partial charge on any atom is 2.00 e. The van der Waals surface area contributed by atoms with E-state index in [1.807, 2.05) is 77.0 Å². The molecule has 744 valence electrons. The smallest absolute Gasteiger partial charge is 0.659 e. The van der Waals surface area contributed by atoms with Gasteiger partial charge in [0.05, 0.1) is 61.8 Å². The summed E-state index contributed by atoms with van der Waals surface area (Å²) in [6.07, 6.45) is 16.7. The third-order valence-electron chi connectivity index (χ3n) is 29.5. The standard InChI is InChI=1S/C40H32N6.C32H28N6.C25H22N6.C22H24N6.2Cu.Pd.Pt/c1-39(2)35-29-21-13-11-19-27(29)33(43-35)31-23-45(25-15-7-5-8-16-25)37(41-31)40(3,4)38-42-32(24-46(38)26-17-9-6-10-18-26)34-28-20-12-14-22-30(28)36(39)44-34;1-31(2)27-17-15-23(33-27)25-19-37(21-11-7-5-8-12-21)29(35-25)32(3,4)30-36-26(24-16-18-28(31)34-24)20-38(30)22-13-9-6-10-14-22;1-25(2)21-10-8-17(26-21)19-13-30(3)23(28-19)15-6-5-7-16(12-15)24-29-20(14-31(24)4)18-9-11-22(25)27-18;1-21(2)15-9-7-13(23-15)19-25-17(11-27(19)5)22(3,4)18-12-28(6)20(26-18)14-8-10-16(21)24-14;;;;/h5-24H,1-4H3;5-20H,1-4H3;5-14H,1-4H3;7-12H,1-6H3;;;;/q4*-2;4*+2. The van der Waals surface area contributed by atoms with Gasteiger partial charge in [0.1, 0.15) is 46.6 Å². The molecule has 0 saturated carbocycles. The van der Waals surface area contributed by atoms with Crippen LogP contribution in [0, 0.1) is 0 Å². The fourth-order valence-corrected chi connectivity index (χ4v) is 20.9. The summed E-state index contributed by atoms with van der Waals surface area (Å²) in [4.78, 5) is 81.8. The number of para-hydroxylation sites is 4. The summed E-state index contributed by atoms with van der Waals surface area (Å²) in [5.41, 5.74) is 25.2. The number of nitrogens with zero attached hydrogens (tertiary/aromatic N) is 24. The van der Waals surface area contributed by atoms with Crippen molar-refractivity contribution in [2.24, 2.45) is 28.2 Å². The Morgan fingerprint density at radius 1 is 0.218 bits per heavy atom. The number of benzene rings is 7. The first-order valence-corrected chi connectivity index (χ1v) is 48.6. The molecule has 20 heterocycles. The van der Waals surface area contributed by atoms with Crippen molar-refractivity contribution in [2.75, 3.05) is 0 Å². The molecule has 7 aromatic carbocycles. The summed E-state index contributed by atoms with van der Waals surface area (Å²) in [6.45, 7) is 30.6. The Balaban J connectivity index is 0.000000120. The van der Waals surface area contributed by atoms with E-state index in [1.165, 1.54) is 0 Å². The average molecular weight is 2300 g/mol. The number of rotatable bonds is 4. The van der Waals surface area contributed by atoms with E-state index in [2.05, 4.69) is 401 Å². The van der Waals surface area contributed by atoms with Crippen molar-refractivity contribution < 1.29 is 75.6 Å². The Labute approximate surface area is 902 Å². The van der Waals surface area contributed by atoms with Crippen LogP contribution in [0.1, 0.15) is 177 Å². The van der Waals surface area contributed by atoms with Gasteiger partial charge in [0.25, 0.3) is 0 Å². The fourth-order valence-electron chi connectivity index (χ4n) is 20.9. The Morgan fingerprint density at radius 3 is 0.789 bits per heavy atom. The zero-order valence-electron chi connectivity index (χ0n) is 84.5. The van der Waals surface area contributed by atoms with Crippen molar-refractivity contribution in [3.8, 4) is 137 Å². The van der Waals surface area contributed by atoms with Crippen LogP contribution < -0.4 is 39.9 Å². The molecule has 2 radical (unpaired) electrons. The molecule has 4 aliphatic heterocycles. The van der Waals surface area contributed by atoms with Crippen molar-refractivity contribution in [3.05, 3.63) is 397 Å². The predicted molar refractivity (Wildman–Crippen MR) is 561 cm³/mol. The van der Waals surface area contributed by atoms with Crippen molar-refractivity contribution in [2.45, 2.75) is 135 Å². The van der Waals surface area contributed by atoms with E-state index < -0.39 is 16.2 Å². The molecule has 27 rings (SSSR count). The summed E-state index contributed by atoms with van der Waals surface area (Å²) in [7, 11) is 8.09. The molecule has 0 N–H and O–H groups in total. The van der Waals surface area contributed by atoms with Crippen LogP contribution in [0.25, 0.3) is 158 Å². The van der Waals surface area contributed by atoms with Crippen LogP contribution in [0.5, 0.6) is 0 Å². The van der Waals surface area contributed by atoms with Gasteiger partial charge < -0.3 is 76.4 Å². The second-order valence-electron chi connectivity index (χ2n) is 41.8. The Bertz CT molecular complexity index is 8350. The van der Waals surface area contributed by atoms with Gasteiger partial charge in [0.2, 0.25) is 0 Å². The van der Waals surface area contributed by atoms with Crippen molar-refractivity contribution in [1.29, 1.82) is 0 Å². The fraction of sp³-hybridized carbons (Fsp3) is 0.210. The van der Waals surface area contributed by atoms with Gasteiger partial charge in [-0.05, 0) is 139 Å². The van der Waals surface area contributed by atoms with Crippen molar-refractivity contribution >= 4 is 21.5 Å². The van der Waals surface area contributed by atoms with Gasteiger partial charge in [0.15, 0.2) is 0 Å². The quantitative estimate of drug-likeness (QED) is 0.148. The van der Waals surface area contributed by atoms with Gasteiger partial charge in [-0.2, -0.15) is 34.2 Å². The second-order valence-corrected chi connectivity index (χ2v) is 41.8. The van der Waals surface area contributed by atoms with Crippen LogP contribution in [0.15, 0.2) is 316 Å². The molecule has 0 saturated heterocycles. The zero-order valence-corrected chi connectivity index (χ0v) is 90.2. The third-order valence-corrected chi connectivity index (χ3v) is 29.5. The molecule has 0 atom stereocenters. The molecule has 0 aliphatic carbocycles. The van der Waals surface area contributed by atoms with E-state index in [0.29, 0.717) is 0 Å². The zero-order chi connectivity index (χ0) is 98.5. The van der Waals surface area contributed by atoms with Crippen molar-refractivity contribution in [1.82, 2.24) is 116 Å². The molecule has 34 bridgehead atoms.